The van der Waals surface area contributed by atoms with Crippen LogP contribution in [0.5, 0.6) is 0 Å². The first-order valence-electron chi connectivity index (χ1n) is 7.81. The molecule has 3 heteroatoms. The van der Waals surface area contributed by atoms with Crippen LogP contribution >= 0.6 is 0 Å². The number of hydrogen-bond donors (Lipinski definition) is 0. The van der Waals surface area contributed by atoms with E-state index in [-0.39, 0.29) is 0 Å². The van der Waals surface area contributed by atoms with Gasteiger partial charge in [0.2, 0.25) is 0 Å². The highest BCUT2D eigenvalue weighted by molar-refractivity contribution is 6.00. The van der Waals surface area contributed by atoms with Crippen molar-refractivity contribution in [2.24, 2.45) is 23.7 Å². The first-order valence-corrected chi connectivity index (χ1v) is 7.81. The zero-order chi connectivity index (χ0) is 13.0. The number of hydrogen-bond acceptors (Lipinski definition) is 3. The Hall–Kier alpha value is -0.830. The number of fused-ring (bicyclic) bond motifs is 5. The van der Waals surface area contributed by atoms with Crippen molar-refractivity contribution in [1.29, 1.82) is 0 Å². The molecule has 1 saturated heterocycles. The fourth-order valence-electron chi connectivity index (χ4n) is 5.16. The summed E-state index contributed by atoms with van der Waals surface area (Å²) in [4.78, 5) is 15.1. The maximum absolute atomic E-state index is 12.8. The number of ether oxygens (including phenoxy) is 1. The Morgan fingerprint density at radius 3 is 2.95 bits per heavy atom. The number of likely N-dealkylation sites (tertiary alicyclic amines) is 1. The molecule has 2 saturated carbocycles. The fraction of sp³-hybridized carbons (Fsp3) is 0.812. The van der Waals surface area contributed by atoms with Crippen LogP contribution in [-0.4, -0.2) is 37.0 Å². The second kappa shape index (κ2) is 4.34. The highest BCUT2D eigenvalue weighted by atomic mass is 16.5. The molecule has 3 aliphatic carbocycles. The van der Waals surface area contributed by atoms with E-state index in [2.05, 4.69) is 11.0 Å². The first kappa shape index (κ1) is 12.0. The van der Waals surface area contributed by atoms with Gasteiger partial charge in [0.1, 0.15) is 0 Å². The molecule has 104 valence electrons. The maximum Gasteiger partial charge on any atom is 0.182 e. The van der Waals surface area contributed by atoms with Crippen LogP contribution in [0, 0.1) is 23.7 Å². The van der Waals surface area contributed by atoms with Crippen LogP contribution in [0.3, 0.4) is 0 Å². The minimum atomic E-state index is 0.345. The third-order valence-corrected chi connectivity index (χ3v) is 5.93. The van der Waals surface area contributed by atoms with Crippen molar-refractivity contribution in [2.75, 3.05) is 20.3 Å². The van der Waals surface area contributed by atoms with Crippen LogP contribution in [0.25, 0.3) is 0 Å². The molecule has 0 spiro atoms. The van der Waals surface area contributed by atoms with Crippen molar-refractivity contribution in [3.8, 4) is 0 Å². The SMILES string of the molecule is COC[C@@H]1CCCN1C1=CC2C(C1=O)[C@@H]1CC[C@H]2C1. The van der Waals surface area contributed by atoms with E-state index in [1.165, 1.54) is 32.1 Å². The lowest BCUT2D eigenvalue weighted by Crippen LogP contribution is -2.36. The van der Waals surface area contributed by atoms with Gasteiger partial charge < -0.3 is 9.64 Å². The zero-order valence-electron chi connectivity index (χ0n) is 11.7. The molecule has 1 heterocycles. The van der Waals surface area contributed by atoms with E-state index in [0.717, 1.165) is 24.8 Å². The summed E-state index contributed by atoms with van der Waals surface area (Å²) in [5, 5.41) is 0. The van der Waals surface area contributed by atoms with Crippen molar-refractivity contribution >= 4 is 5.78 Å². The molecule has 3 fully saturated rings. The Morgan fingerprint density at radius 1 is 1.32 bits per heavy atom. The van der Waals surface area contributed by atoms with Gasteiger partial charge in [-0.2, -0.15) is 0 Å². The van der Waals surface area contributed by atoms with E-state index in [4.69, 9.17) is 4.74 Å². The van der Waals surface area contributed by atoms with Gasteiger partial charge in [-0.25, -0.2) is 0 Å². The largest absolute Gasteiger partial charge is 0.383 e. The molecular weight excluding hydrogens is 238 g/mol. The summed E-state index contributed by atoms with van der Waals surface area (Å²) in [5.74, 6) is 2.88. The maximum atomic E-state index is 12.8. The van der Waals surface area contributed by atoms with Crippen molar-refractivity contribution in [2.45, 2.75) is 38.1 Å². The molecule has 4 rings (SSSR count). The van der Waals surface area contributed by atoms with E-state index in [9.17, 15) is 4.79 Å². The number of rotatable bonds is 3. The summed E-state index contributed by atoms with van der Waals surface area (Å²) in [6.45, 7) is 1.80. The molecule has 19 heavy (non-hydrogen) atoms. The monoisotopic (exact) mass is 261 g/mol. The van der Waals surface area contributed by atoms with Gasteiger partial charge in [-0.1, -0.05) is 6.08 Å². The van der Waals surface area contributed by atoms with Gasteiger partial charge in [0.25, 0.3) is 0 Å². The Labute approximate surface area is 115 Å². The summed E-state index contributed by atoms with van der Waals surface area (Å²) in [6, 6.07) is 0.427. The van der Waals surface area contributed by atoms with Crippen LogP contribution in [0.15, 0.2) is 11.8 Å². The molecule has 0 N–H and O–H groups in total. The van der Waals surface area contributed by atoms with Gasteiger partial charge in [-0.3, -0.25) is 4.79 Å². The molecule has 0 aromatic carbocycles. The summed E-state index contributed by atoms with van der Waals surface area (Å²) in [6.07, 6.45) is 8.66. The quantitative estimate of drug-likeness (QED) is 0.780. The number of ketones is 1. The van der Waals surface area contributed by atoms with E-state index < -0.39 is 0 Å². The molecule has 3 nitrogen and oxygen atoms in total. The van der Waals surface area contributed by atoms with Gasteiger partial charge in [-0.05, 0) is 49.9 Å². The van der Waals surface area contributed by atoms with Crippen LogP contribution < -0.4 is 0 Å². The topological polar surface area (TPSA) is 29.5 Å². The Morgan fingerprint density at radius 2 is 2.16 bits per heavy atom. The van der Waals surface area contributed by atoms with Gasteiger partial charge >= 0.3 is 0 Å². The second-order valence-corrected chi connectivity index (χ2v) is 6.80. The first-order chi connectivity index (χ1) is 9.29. The third kappa shape index (κ3) is 1.63. The fourth-order valence-corrected chi connectivity index (χ4v) is 5.16. The van der Waals surface area contributed by atoms with Crippen LogP contribution in [0.2, 0.25) is 0 Å². The molecule has 0 aromatic heterocycles. The molecule has 2 unspecified atom stereocenters. The minimum absolute atomic E-state index is 0.345. The number of Topliss-reactive ketones (excluding diaryl/α,β-unsaturated/α-hetero) is 1. The summed E-state index contributed by atoms with van der Waals surface area (Å²) < 4.78 is 5.32. The lowest BCUT2D eigenvalue weighted by Gasteiger charge is -2.27. The average Bonchev–Trinajstić information content (AvgIpc) is 3.11. The Bertz CT molecular complexity index is 430. The van der Waals surface area contributed by atoms with Crippen molar-refractivity contribution in [1.82, 2.24) is 4.90 Å². The van der Waals surface area contributed by atoms with Crippen LogP contribution in [0.4, 0.5) is 0 Å². The molecule has 4 aliphatic rings. The molecular formula is C16H23NO2. The number of carbonyl (C=O) groups is 1. The molecule has 2 bridgehead atoms. The molecule has 0 amide bonds. The number of methoxy groups -OCH3 is 1. The van der Waals surface area contributed by atoms with E-state index >= 15 is 0 Å². The smallest absolute Gasteiger partial charge is 0.182 e. The lowest BCUT2D eigenvalue weighted by molar-refractivity contribution is -0.122. The number of carbonyl (C=O) groups excluding carboxylic acids is 1. The predicted molar refractivity (Wildman–Crippen MR) is 72.5 cm³/mol. The normalized spacial score (nSPS) is 44.1. The highest BCUT2D eigenvalue weighted by Crippen LogP contribution is 2.57. The van der Waals surface area contributed by atoms with E-state index in [0.29, 0.717) is 29.6 Å². The minimum Gasteiger partial charge on any atom is -0.383 e. The zero-order valence-corrected chi connectivity index (χ0v) is 11.7. The van der Waals surface area contributed by atoms with Crippen LogP contribution in [0.1, 0.15) is 32.1 Å². The van der Waals surface area contributed by atoms with Gasteiger partial charge in [0.15, 0.2) is 5.78 Å². The highest BCUT2D eigenvalue weighted by Gasteiger charge is 2.54. The lowest BCUT2D eigenvalue weighted by atomic mass is 9.81. The van der Waals surface area contributed by atoms with Gasteiger partial charge in [-0.15, -0.1) is 0 Å². The summed E-state index contributed by atoms with van der Waals surface area (Å²) in [5.41, 5.74) is 1.05. The Kier molecular flexibility index (Phi) is 2.73. The number of allylic oxidation sites excluding steroid dienone is 2. The molecule has 1 aliphatic heterocycles. The van der Waals surface area contributed by atoms with Crippen LogP contribution in [-0.2, 0) is 9.53 Å². The average molecular weight is 261 g/mol. The van der Waals surface area contributed by atoms with Crippen molar-refractivity contribution < 1.29 is 9.53 Å². The van der Waals surface area contributed by atoms with Gasteiger partial charge in [0.05, 0.1) is 18.3 Å². The third-order valence-electron chi connectivity index (χ3n) is 5.93. The second-order valence-electron chi connectivity index (χ2n) is 6.80. The van der Waals surface area contributed by atoms with E-state index in [1.54, 1.807) is 7.11 Å². The summed E-state index contributed by atoms with van der Waals surface area (Å²) >= 11 is 0. The van der Waals surface area contributed by atoms with Crippen molar-refractivity contribution in [3.05, 3.63) is 11.8 Å². The molecule has 0 aromatic rings. The standard InChI is InChI=1S/C16H23NO2/c1-19-9-12-3-2-6-17(12)14-8-13-10-4-5-11(7-10)15(13)16(14)18/h8,10-13,15H,2-7,9H2,1H3/t10-,11+,12-,13?,15?/m0/s1. The predicted octanol–water partition coefficient (Wildman–Crippen LogP) is 2.23. The molecule has 5 atom stereocenters. The summed E-state index contributed by atoms with van der Waals surface area (Å²) in [7, 11) is 1.76. The van der Waals surface area contributed by atoms with Gasteiger partial charge in [0, 0.05) is 19.6 Å². The van der Waals surface area contributed by atoms with Crippen molar-refractivity contribution in [3.63, 3.8) is 0 Å². The molecule has 0 radical (unpaired) electrons. The van der Waals surface area contributed by atoms with E-state index in [1.807, 2.05) is 0 Å². The Balaban J connectivity index is 1.59. The number of nitrogens with zero attached hydrogens (tertiary/aromatic N) is 1.